The van der Waals surface area contributed by atoms with Crippen LogP contribution in [0.4, 0.5) is 18.9 Å². The number of esters is 1. The van der Waals surface area contributed by atoms with Crippen LogP contribution in [0.25, 0.3) is 0 Å². The molecule has 1 heterocycles. The van der Waals surface area contributed by atoms with Gasteiger partial charge in [0.2, 0.25) is 5.91 Å². The van der Waals surface area contributed by atoms with Crippen molar-refractivity contribution in [2.45, 2.75) is 31.9 Å². The van der Waals surface area contributed by atoms with E-state index in [2.05, 4.69) is 0 Å². The molecular weight excluding hydrogens is 383 g/mol. The minimum Gasteiger partial charge on any atom is -0.465 e. The number of fused-ring (bicyclic) bond motifs is 1. The molecule has 1 saturated heterocycles. The van der Waals surface area contributed by atoms with Gasteiger partial charge in [-0.05, 0) is 55.0 Å². The van der Waals surface area contributed by atoms with E-state index in [1.54, 1.807) is 12.1 Å². The zero-order valence-electron chi connectivity index (χ0n) is 15.9. The SMILES string of the molecule is COC(=O)c1cccc2c1CC1(CC2)CCN(c2ccccc2C(F)(F)F)C1=O. The highest BCUT2D eigenvalue weighted by Crippen LogP contribution is 2.47. The first kappa shape index (κ1) is 19.5. The zero-order chi connectivity index (χ0) is 20.8. The third-order valence-electron chi connectivity index (χ3n) is 6.08. The number of alkyl halides is 3. The molecule has 1 spiro atoms. The van der Waals surface area contributed by atoms with Crippen molar-refractivity contribution in [2.75, 3.05) is 18.6 Å². The average molecular weight is 403 g/mol. The summed E-state index contributed by atoms with van der Waals surface area (Å²) in [5.74, 6) is -0.775. The van der Waals surface area contributed by atoms with E-state index in [9.17, 15) is 22.8 Å². The normalized spacial score (nSPS) is 21.4. The van der Waals surface area contributed by atoms with Crippen molar-refractivity contribution >= 4 is 17.6 Å². The molecule has 1 atom stereocenters. The number of anilines is 1. The second kappa shape index (κ2) is 6.90. The number of carbonyl (C=O) groups excluding carboxylic acids is 2. The molecule has 0 radical (unpaired) electrons. The molecule has 1 aliphatic carbocycles. The molecule has 1 aliphatic heterocycles. The Bertz CT molecular complexity index is 986. The number of hydrogen-bond acceptors (Lipinski definition) is 3. The molecule has 152 valence electrons. The number of ether oxygens (including phenoxy) is 1. The van der Waals surface area contributed by atoms with Gasteiger partial charge in [0.15, 0.2) is 0 Å². The van der Waals surface area contributed by atoms with Crippen LogP contribution in [0, 0.1) is 5.41 Å². The van der Waals surface area contributed by atoms with Gasteiger partial charge in [-0.15, -0.1) is 0 Å². The maximum Gasteiger partial charge on any atom is 0.418 e. The highest BCUT2D eigenvalue weighted by Gasteiger charge is 2.50. The molecule has 2 aromatic rings. The van der Waals surface area contributed by atoms with Gasteiger partial charge in [-0.3, -0.25) is 4.79 Å². The Hall–Kier alpha value is -2.83. The van der Waals surface area contributed by atoms with Crippen LogP contribution in [0.2, 0.25) is 0 Å². The smallest absolute Gasteiger partial charge is 0.418 e. The van der Waals surface area contributed by atoms with Crippen molar-refractivity contribution in [1.29, 1.82) is 0 Å². The number of rotatable bonds is 2. The zero-order valence-corrected chi connectivity index (χ0v) is 15.9. The van der Waals surface area contributed by atoms with Crippen molar-refractivity contribution in [1.82, 2.24) is 0 Å². The van der Waals surface area contributed by atoms with Crippen molar-refractivity contribution in [3.05, 3.63) is 64.7 Å². The molecule has 4 nitrogen and oxygen atoms in total. The van der Waals surface area contributed by atoms with Crippen LogP contribution in [0.3, 0.4) is 0 Å². The molecule has 0 aromatic heterocycles. The lowest BCUT2D eigenvalue weighted by Crippen LogP contribution is -2.39. The Kier molecular flexibility index (Phi) is 4.63. The van der Waals surface area contributed by atoms with Gasteiger partial charge in [-0.2, -0.15) is 13.2 Å². The lowest BCUT2D eigenvalue weighted by Gasteiger charge is -2.34. The number of nitrogens with zero attached hydrogens (tertiary/aromatic N) is 1. The Labute approximate surface area is 166 Å². The first-order valence-electron chi connectivity index (χ1n) is 9.44. The maximum absolute atomic E-state index is 13.5. The summed E-state index contributed by atoms with van der Waals surface area (Å²) in [6.45, 7) is 0.224. The number of carbonyl (C=O) groups is 2. The minimum atomic E-state index is -4.54. The molecular formula is C22H20F3NO3. The van der Waals surface area contributed by atoms with E-state index in [0.717, 1.165) is 17.2 Å². The summed E-state index contributed by atoms with van der Waals surface area (Å²) in [6.07, 6.45) is -2.61. The predicted octanol–water partition coefficient (Wildman–Crippen LogP) is 4.40. The van der Waals surface area contributed by atoms with Crippen LogP contribution in [-0.2, 0) is 28.5 Å². The lowest BCUT2D eigenvalue weighted by molar-refractivity contribution is -0.137. The maximum atomic E-state index is 13.5. The fourth-order valence-corrected chi connectivity index (χ4v) is 4.57. The molecule has 0 N–H and O–H groups in total. The van der Waals surface area contributed by atoms with E-state index >= 15 is 0 Å². The number of amides is 1. The number of aryl methyl sites for hydroxylation is 1. The lowest BCUT2D eigenvalue weighted by atomic mass is 9.69. The largest absolute Gasteiger partial charge is 0.465 e. The monoisotopic (exact) mass is 403 g/mol. The third-order valence-corrected chi connectivity index (χ3v) is 6.08. The fourth-order valence-electron chi connectivity index (χ4n) is 4.57. The van der Waals surface area contributed by atoms with E-state index in [0.29, 0.717) is 31.2 Å². The van der Waals surface area contributed by atoms with Crippen molar-refractivity contribution < 1.29 is 27.5 Å². The molecule has 1 unspecified atom stereocenters. The van der Waals surface area contributed by atoms with E-state index < -0.39 is 23.1 Å². The summed E-state index contributed by atoms with van der Waals surface area (Å²) in [5, 5.41) is 0. The van der Waals surface area contributed by atoms with Crippen LogP contribution in [0.15, 0.2) is 42.5 Å². The van der Waals surface area contributed by atoms with Gasteiger partial charge in [0.05, 0.1) is 29.3 Å². The van der Waals surface area contributed by atoms with Gasteiger partial charge in [-0.25, -0.2) is 4.79 Å². The Morgan fingerprint density at radius 1 is 1.10 bits per heavy atom. The van der Waals surface area contributed by atoms with Gasteiger partial charge < -0.3 is 9.64 Å². The minimum absolute atomic E-state index is 0.103. The number of hydrogen-bond donors (Lipinski definition) is 0. The average Bonchev–Trinajstić information content (AvgIpc) is 3.02. The summed E-state index contributed by atoms with van der Waals surface area (Å²) >= 11 is 0. The van der Waals surface area contributed by atoms with E-state index in [4.69, 9.17) is 4.74 Å². The first-order valence-corrected chi connectivity index (χ1v) is 9.44. The van der Waals surface area contributed by atoms with E-state index in [1.807, 2.05) is 6.07 Å². The van der Waals surface area contributed by atoms with Crippen molar-refractivity contribution in [2.24, 2.45) is 5.41 Å². The van der Waals surface area contributed by atoms with Crippen LogP contribution in [-0.4, -0.2) is 25.5 Å². The molecule has 7 heteroatoms. The number of methoxy groups -OCH3 is 1. The molecule has 0 saturated carbocycles. The van der Waals surface area contributed by atoms with E-state index in [-0.39, 0.29) is 18.1 Å². The standard InChI is InChI=1S/C22H20F3NO3/c1-29-19(27)15-6-4-5-14-9-10-21(13-16(14)15)11-12-26(20(21)28)18-8-3-2-7-17(18)22(23,24)25/h2-8H,9-13H2,1H3. The van der Waals surface area contributed by atoms with E-state index in [1.165, 1.54) is 30.2 Å². The topological polar surface area (TPSA) is 46.6 Å². The molecule has 29 heavy (non-hydrogen) atoms. The molecule has 1 amide bonds. The molecule has 4 rings (SSSR count). The molecule has 1 fully saturated rings. The molecule has 0 bridgehead atoms. The van der Waals surface area contributed by atoms with Crippen molar-refractivity contribution in [3.8, 4) is 0 Å². The summed E-state index contributed by atoms with van der Waals surface area (Å²) in [6, 6.07) is 10.5. The van der Waals surface area contributed by atoms with Crippen molar-refractivity contribution in [3.63, 3.8) is 0 Å². The summed E-state index contributed by atoms with van der Waals surface area (Å²) in [4.78, 5) is 26.8. The second-order valence-corrected chi connectivity index (χ2v) is 7.61. The van der Waals surface area contributed by atoms with Gasteiger partial charge in [-0.1, -0.05) is 24.3 Å². The van der Waals surface area contributed by atoms with Gasteiger partial charge in [0.25, 0.3) is 0 Å². The number of benzene rings is 2. The van der Waals surface area contributed by atoms with Crippen LogP contribution in [0.5, 0.6) is 0 Å². The van der Waals surface area contributed by atoms with Crippen LogP contribution >= 0.6 is 0 Å². The summed E-state index contributed by atoms with van der Waals surface area (Å²) in [7, 11) is 1.30. The number of halogens is 3. The highest BCUT2D eigenvalue weighted by atomic mass is 19.4. The van der Waals surface area contributed by atoms with Gasteiger partial charge in [0, 0.05) is 6.54 Å². The third kappa shape index (κ3) is 3.18. The molecule has 2 aliphatic rings. The predicted molar refractivity (Wildman–Crippen MR) is 101 cm³/mol. The quantitative estimate of drug-likeness (QED) is 0.698. The van der Waals surface area contributed by atoms with Crippen LogP contribution in [0.1, 0.15) is 39.9 Å². The Morgan fingerprint density at radius 2 is 1.86 bits per heavy atom. The second-order valence-electron chi connectivity index (χ2n) is 7.61. The summed E-state index contributed by atoms with van der Waals surface area (Å²) in [5.41, 5.74) is 0.470. The van der Waals surface area contributed by atoms with Gasteiger partial charge in [0.1, 0.15) is 0 Å². The summed E-state index contributed by atoms with van der Waals surface area (Å²) < 4.78 is 45.2. The fraction of sp³-hybridized carbons (Fsp3) is 0.364. The molecule has 2 aromatic carbocycles. The Morgan fingerprint density at radius 3 is 2.59 bits per heavy atom. The van der Waals surface area contributed by atoms with Gasteiger partial charge >= 0.3 is 12.1 Å². The highest BCUT2D eigenvalue weighted by molar-refractivity contribution is 6.01. The Balaban J connectivity index is 1.70. The first-order chi connectivity index (χ1) is 13.8. The number of para-hydroxylation sites is 1. The van der Waals surface area contributed by atoms with Crippen LogP contribution < -0.4 is 4.90 Å².